The Balaban J connectivity index is 1.27. The number of benzene rings is 1. The number of anilines is 1. The molecule has 2 aliphatic heterocycles. The maximum atomic E-state index is 4.98. The molecule has 30 heavy (non-hydrogen) atoms. The minimum Gasteiger partial charge on any atom is -0.344 e. The number of imidazole rings is 1. The van der Waals surface area contributed by atoms with E-state index in [2.05, 4.69) is 59.9 Å². The molecule has 0 bridgehead atoms. The molecule has 0 atom stereocenters. The Morgan fingerprint density at radius 3 is 2.37 bits per heavy atom. The van der Waals surface area contributed by atoms with Gasteiger partial charge in [0.1, 0.15) is 0 Å². The van der Waals surface area contributed by atoms with Gasteiger partial charge in [-0.2, -0.15) is 0 Å². The SMILES string of the molecule is Cc1ccc(-c2c(C)nc3sc(N4CCN(CC5CCN(C)CC5)CC4)nn23)cc1. The molecule has 0 saturated carbocycles. The Hall–Kier alpha value is -1.96. The molecule has 3 aromatic rings. The molecule has 1 aromatic carbocycles. The van der Waals surface area contributed by atoms with E-state index in [9.17, 15) is 0 Å². The van der Waals surface area contributed by atoms with E-state index in [1.807, 2.05) is 4.52 Å². The predicted molar refractivity (Wildman–Crippen MR) is 125 cm³/mol. The van der Waals surface area contributed by atoms with Crippen LogP contribution in [0.4, 0.5) is 5.13 Å². The van der Waals surface area contributed by atoms with Crippen LogP contribution in [0.2, 0.25) is 0 Å². The Labute approximate surface area is 183 Å². The summed E-state index contributed by atoms with van der Waals surface area (Å²) in [5.41, 5.74) is 4.63. The highest BCUT2D eigenvalue weighted by atomic mass is 32.1. The highest BCUT2D eigenvalue weighted by Gasteiger charge is 2.25. The van der Waals surface area contributed by atoms with Crippen molar-refractivity contribution in [1.29, 1.82) is 0 Å². The second-order valence-corrected chi connectivity index (χ2v) is 9.96. The van der Waals surface area contributed by atoms with Crippen molar-refractivity contribution in [2.75, 3.05) is 57.8 Å². The molecule has 0 spiro atoms. The van der Waals surface area contributed by atoms with Crippen molar-refractivity contribution in [2.24, 2.45) is 5.92 Å². The van der Waals surface area contributed by atoms with Crippen LogP contribution in [0.15, 0.2) is 24.3 Å². The molecule has 0 unspecified atom stereocenters. The summed E-state index contributed by atoms with van der Waals surface area (Å²) in [6.45, 7) is 12.4. The lowest BCUT2D eigenvalue weighted by Crippen LogP contribution is -2.48. The normalized spacial score (nSPS) is 19.8. The molecule has 5 rings (SSSR count). The van der Waals surface area contributed by atoms with Gasteiger partial charge < -0.3 is 9.80 Å². The van der Waals surface area contributed by atoms with Gasteiger partial charge in [-0.3, -0.25) is 4.90 Å². The van der Waals surface area contributed by atoms with Crippen LogP contribution < -0.4 is 4.90 Å². The van der Waals surface area contributed by atoms with Gasteiger partial charge in [0, 0.05) is 38.3 Å². The Bertz CT molecular complexity index is 991. The predicted octanol–water partition coefficient (Wildman–Crippen LogP) is 3.54. The van der Waals surface area contributed by atoms with E-state index in [1.165, 1.54) is 43.6 Å². The van der Waals surface area contributed by atoms with Crippen LogP contribution in [0.3, 0.4) is 0 Å². The quantitative estimate of drug-likeness (QED) is 0.641. The first-order valence-corrected chi connectivity index (χ1v) is 12.0. The van der Waals surface area contributed by atoms with Crippen molar-refractivity contribution in [3.05, 3.63) is 35.5 Å². The van der Waals surface area contributed by atoms with Gasteiger partial charge in [0.2, 0.25) is 10.1 Å². The third-order valence-corrected chi connectivity index (χ3v) is 7.66. The molecule has 0 amide bonds. The highest BCUT2D eigenvalue weighted by Crippen LogP contribution is 2.31. The highest BCUT2D eigenvalue weighted by molar-refractivity contribution is 7.20. The van der Waals surface area contributed by atoms with E-state index in [0.717, 1.165) is 53.6 Å². The van der Waals surface area contributed by atoms with Gasteiger partial charge in [0.05, 0.1) is 11.4 Å². The van der Waals surface area contributed by atoms with Crippen molar-refractivity contribution >= 4 is 21.4 Å². The molecule has 2 fully saturated rings. The Morgan fingerprint density at radius 1 is 0.967 bits per heavy atom. The summed E-state index contributed by atoms with van der Waals surface area (Å²) in [4.78, 5) is 13.4. The van der Waals surface area contributed by atoms with Crippen molar-refractivity contribution in [3.63, 3.8) is 0 Å². The first-order chi connectivity index (χ1) is 14.6. The monoisotopic (exact) mass is 424 g/mol. The van der Waals surface area contributed by atoms with E-state index in [4.69, 9.17) is 10.1 Å². The first kappa shape index (κ1) is 20.0. The van der Waals surface area contributed by atoms with Crippen LogP contribution in [0, 0.1) is 19.8 Å². The van der Waals surface area contributed by atoms with Gasteiger partial charge in [-0.25, -0.2) is 9.50 Å². The number of nitrogens with zero attached hydrogens (tertiary/aromatic N) is 6. The van der Waals surface area contributed by atoms with Crippen molar-refractivity contribution in [2.45, 2.75) is 26.7 Å². The maximum absolute atomic E-state index is 4.98. The Kier molecular flexibility index (Phi) is 5.52. The largest absolute Gasteiger partial charge is 0.344 e. The van der Waals surface area contributed by atoms with E-state index in [-0.39, 0.29) is 0 Å². The molecular weight excluding hydrogens is 392 g/mol. The fourth-order valence-electron chi connectivity index (χ4n) is 4.74. The molecule has 2 saturated heterocycles. The smallest absolute Gasteiger partial charge is 0.214 e. The van der Waals surface area contributed by atoms with Crippen molar-refractivity contribution in [1.82, 2.24) is 24.4 Å². The van der Waals surface area contributed by atoms with Crippen LogP contribution in [-0.2, 0) is 0 Å². The molecule has 7 heteroatoms. The number of fused-ring (bicyclic) bond motifs is 1. The summed E-state index contributed by atoms with van der Waals surface area (Å²) in [7, 11) is 2.24. The molecule has 6 nitrogen and oxygen atoms in total. The third-order valence-electron chi connectivity index (χ3n) is 6.69. The van der Waals surface area contributed by atoms with E-state index >= 15 is 0 Å². The summed E-state index contributed by atoms with van der Waals surface area (Å²) in [6, 6.07) is 8.66. The van der Waals surface area contributed by atoms with Gasteiger partial charge in [-0.15, -0.1) is 5.10 Å². The lowest BCUT2D eigenvalue weighted by Gasteiger charge is -2.38. The zero-order valence-electron chi connectivity index (χ0n) is 18.3. The molecule has 2 aromatic heterocycles. The summed E-state index contributed by atoms with van der Waals surface area (Å²) >= 11 is 1.72. The minimum atomic E-state index is 0.871. The second kappa shape index (κ2) is 8.29. The van der Waals surface area contributed by atoms with Gasteiger partial charge in [0.15, 0.2) is 0 Å². The average Bonchev–Trinajstić information content (AvgIpc) is 3.28. The fraction of sp³-hybridized carbons (Fsp3) is 0.565. The summed E-state index contributed by atoms with van der Waals surface area (Å²) in [5, 5.41) is 6.08. The van der Waals surface area contributed by atoms with Crippen molar-refractivity contribution < 1.29 is 0 Å². The number of hydrogen-bond donors (Lipinski definition) is 0. The number of aromatic nitrogens is 3. The van der Waals surface area contributed by atoms with Gasteiger partial charge in [0.25, 0.3) is 0 Å². The van der Waals surface area contributed by atoms with E-state index in [0.29, 0.717) is 0 Å². The zero-order valence-corrected chi connectivity index (χ0v) is 19.2. The zero-order chi connectivity index (χ0) is 20.7. The van der Waals surface area contributed by atoms with Crippen LogP contribution in [0.25, 0.3) is 16.2 Å². The molecule has 0 N–H and O–H groups in total. The van der Waals surface area contributed by atoms with Gasteiger partial charge in [-0.1, -0.05) is 41.2 Å². The number of aryl methyl sites for hydroxylation is 2. The minimum absolute atomic E-state index is 0.871. The molecular formula is C23H32N6S. The molecule has 0 radical (unpaired) electrons. The molecule has 4 heterocycles. The number of piperidine rings is 1. The van der Waals surface area contributed by atoms with E-state index in [1.54, 1.807) is 11.3 Å². The number of piperazine rings is 1. The second-order valence-electron chi connectivity index (χ2n) is 9.03. The topological polar surface area (TPSA) is 39.9 Å². The number of rotatable bonds is 4. The molecule has 0 aliphatic carbocycles. The van der Waals surface area contributed by atoms with Gasteiger partial charge in [-0.05, 0) is 52.7 Å². The average molecular weight is 425 g/mol. The standard InChI is InChI=1S/C23H32N6S/c1-17-4-6-20(7-5-17)21-18(2)24-22-29(21)25-23(30-22)28-14-12-27(13-15-28)16-19-8-10-26(3)11-9-19/h4-7,19H,8-16H2,1-3H3. The van der Waals surface area contributed by atoms with E-state index < -0.39 is 0 Å². The lowest BCUT2D eigenvalue weighted by atomic mass is 9.96. The fourth-order valence-corrected chi connectivity index (χ4v) is 5.74. The van der Waals surface area contributed by atoms with Gasteiger partial charge >= 0.3 is 0 Å². The van der Waals surface area contributed by atoms with Crippen molar-refractivity contribution in [3.8, 4) is 11.3 Å². The van der Waals surface area contributed by atoms with Crippen LogP contribution in [0.1, 0.15) is 24.1 Å². The molecule has 2 aliphatic rings. The maximum Gasteiger partial charge on any atom is 0.214 e. The first-order valence-electron chi connectivity index (χ1n) is 11.2. The van der Waals surface area contributed by atoms with Crippen LogP contribution >= 0.6 is 11.3 Å². The van der Waals surface area contributed by atoms with Crippen LogP contribution in [-0.4, -0.2) is 77.3 Å². The summed E-state index contributed by atoms with van der Waals surface area (Å²) in [5.74, 6) is 0.871. The molecule has 160 valence electrons. The van der Waals surface area contributed by atoms with Crippen LogP contribution in [0.5, 0.6) is 0 Å². The number of likely N-dealkylation sites (tertiary alicyclic amines) is 1. The summed E-state index contributed by atoms with van der Waals surface area (Å²) in [6.07, 6.45) is 2.70. The Morgan fingerprint density at radius 2 is 1.67 bits per heavy atom. The number of hydrogen-bond acceptors (Lipinski definition) is 6. The third kappa shape index (κ3) is 3.98. The lowest BCUT2D eigenvalue weighted by molar-refractivity contribution is 0.155. The summed E-state index contributed by atoms with van der Waals surface area (Å²) < 4.78 is 2.05.